The summed E-state index contributed by atoms with van der Waals surface area (Å²) in [5.74, 6) is -0.803. The third-order valence-electron chi connectivity index (χ3n) is 3.58. The molecule has 1 heterocycles. The van der Waals surface area contributed by atoms with Crippen molar-refractivity contribution in [1.29, 1.82) is 0 Å². The van der Waals surface area contributed by atoms with Crippen LogP contribution in [-0.4, -0.2) is 46.5 Å². The van der Waals surface area contributed by atoms with Crippen molar-refractivity contribution in [3.63, 3.8) is 0 Å². The molecule has 0 amide bonds. The summed E-state index contributed by atoms with van der Waals surface area (Å²) in [4.78, 5) is -0.374. The zero-order valence-corrected chi connectivity index (χ0v) is 13.8. The molecule has 6 nitrogen and oxygen atoms in total. The third-order valence-corrected chi connectivity index (χ3v) is 6.25. The van der Waals surface area contributed by atoms with Gasteiger partial charge in [-0.25, -0.2) is 25.9 Å². The van der Waals surface area contributed by atoms with Crippen molar-refractivity contribution in [2.75, 3.05) is 19.3 Å². The molecule has 0 saturated carbocycles. The second-order valence-corrected chi connectivity index (χ2v) is 9.01. The van der Waals surface area contributed by atoms with Gasteiger partial charge in [-0.3, -0.25) is 0 Å². The van der Waals surface area contributed by atoms with E-state index in [4.69, 9.17) is 0 Å². The molecule has 9 heteroatoms. The molecule has 1 N–H and O–H groups in total. The standard InChI is InChI=1S/C13H19FN2O4S2/c1-21(17,18)15-10-11-6-4-5-9-16(11)22(19,20)13-8-3-2-7-12(13)14/h2-3,7-8,11,15H,4-6,9-10H2,1H3. The van der Waals surface area contributed by atoms with Crippen molar-refractivity contribution in [3.8, 4) is 0 Å². The average molecular weight is 350 g/mol. The minimum absolute atomic E-state index is 0.00742. The van der Waals surface area contributed by atoms with Crippen LogP contribution in [0.2, 0.25) is 0 Å². The molecule has 1 atom stereocenters. The molecule has 1 fully saturated rings. The van der Waals surface area contributed by atoms with Gasteiger partial charge in [0, 0.05) is 19.1 Å². The van der Waals surface area contributed by atoms with Crippen molar-refractivity contribution in [2.24, 2.45) is 0 Å². The Morgan fingerprint density at radius 3 is 2.55 bits per heavy atom. The van der Waals surface area contributed by atoms with E-state index in [0.717, 1.165) is 18.7 Å². The predicted molar refractivity (Wildman–Crippen MR) is 80.8 cm³/mol. The van der Waals surface area contributed by atoms with Crippen LogP contribution in [0.15, 0.2) is 29.2 Å². The van der Waals surface area contributed by atoms with E-state index in [9.17, 15) is 21.2 Å². The highest BCUT2D eigenvalue weighted by Gasteiger charge is 2.35. The first kappa shape index (κ1) is 17.3. The topological polar surface area (TPSA) is 83.6 Å². The lowest BCUT2D eigenvalue weighted by atomic mass is 10.1. The molecule has 1 aliphatic rings. The van der Waals surface area contributed by atoms with E-state index >= 15 is 0 Å². The van der Waals surface area contributed by atoms with Gasteiger partial charge in [-0.15, -0.1) is 0 Å². The van der Waals surface area contributed by atoms with Crippen LogP contribution in [0.25, 0.3) is 0 Å². The van der Waals surface area contributed by atoms with E-state index in [1.165, 1.54) is 22.5 Å². The first-order valence-electron chi connectivity index (χ1n) is 6.93. The van der Waals surface area contributed by atoms with Crippen LogP contribution < -0.4 is 4.72 Å². The monoisotopic (exact) mass is 350 g/mol. The van der Waals surface area contributed by atoms with Crippen LogP contribution in [0.3, 0.4) is 0 Å². The van der Waals surface area contributed by atoms with Gasteiger partial charge in [0.25, 0.3) is 0 Å². The molecular weight excluding hydrogens is 331 g/mol. The summed E-state index contributed by atoms with van der Waals surface area (Å²) in [6.45, 7) is 0.249. The van der Waals surface area contributed by atoms with Crippen molar-refractivity contribution in [2.45, 2.75) is 30.2 Å². The smallest absolute Gasteiger partial charge is 0.214 e. The molecule has 1 saturated heterocycles. The Hall–Kier alpha value is -1.03. The maximum absolute atomic E-state index is 13.8. The normalized spacial score (nSPS) is 20.9. The Morgan fingerprint density at radius 1 is 1.23 bits per heavy atom. The first-order chi connectivity index (χ1) is 10.2. The SMILES string of the molecule is CS(=O)(=O)NCC1CCCCN1S(=O)(=O)c1ccccc1F. The van der Waals surface area contributed by atoms with Gasteiger partial charge in [0.15, 0.2) is 0 Å². The zero-order valence-electron chi connectivity index (χ0n) is 12.2. The molecule has 1 unspecified atom stereocenters. The van der Waals surface area contributed by atoms with Crippen molar-refractivity contribution >= 4 is 20.0 Å². The number of benzene rings is 1. The number of hydrogen-bond donors (Lipinski definition) is 1. The summed E-state index contributed by atoms with van der Waals surface area (Å²) in [6, 6.07) is 4.70. The highest BCUT2D eigenvalue weighted by molar-refractivity contribution is 7.89. The number of piperidine rings is 1. The average Bonchev–Trinajstić information content (AvgIpc) is 2.45. The summed E-state index contributed by atoms with van der Waals surface area (Å²) < 4.78 is 65.1. The number of hydrogen-bond acceptors (Lipinski definition) is 4. The molecule has 0 aromatic heterocycles. The fourth-order valence-electron chi connectivity index (χ4n) is 2.52. The van der Waals surface area contributed by atoms with Crippen LogP contribution >= 0.6 is 0 Å². The number of halogens is 1. The van der Waals surface area contributed by atoms with Crippen LogP contribution in [0.4, 0.5) is 4.39 Å². The number of sulfonamides is 2. The highest BCUT2D eigenvalue weighted by atomic mass is 32.2. The Morgan fingerprint density at radius 2 is 1.91 bits per heavy atom. The summed E-state index contributed by atoms with van der Waals surface area (Å²) >= 11 is 0. The molecule has 124 valence electrons. The van der Waals surface area contributed by atoms with Crippen molar-refractivity contribution in [1.82, 2.24) is 9.03 Å². The van der Waals surface area contributed by atoms with Gasteiger partial charge in [0.05, 0.1) is 6.26 Å². The Bertz CT molecular complexity index is 734. The minimum atomic E-state index is -3.99. The largest absolute Gasteiger partial charge is 0.246 e. The molecule has 1 aromatic rings. The summed E-state index contributed by atoms with van der Waals surface area (Å²) in [6.07, 6.45) is 3.03. The van der Waals surface area contributed by atoms with Gasteiger partial charge in [-0.1, -0.05) is 18.6 Å². The molecule has 0 aliphatic carbocycles. The Kier molecular flexibility index (Phi) is 5.21. The van der Waals surface area contributed by atoms with Gasteiger partial charge in [-0.05, 0) is 25.0 Å². The molecular formula is C13H19FN2O4S2. The molecule has 1 aromatic carbocycles. The van der Waals surface area contributed by atoms with Crippen LogP contribution in [0, 0.1) is 5.82 Å². The van der Waals surface area contributed by atoms with Crippen LogP contribution in [0.1, 0.15) is 19.3 Å². The number of rotatable bonds is 5. The fraction of sp³-hybridized carbons (Fsp3) is 0.538. The highest BCUT2D eigenvalue weighted by Crippen LogP contribution is 2.26. The molecule has 2 rings (SSSR count). The molecule has 0 radical (unpaired) electrons. The lowest BCUT2D eigenvalue weighted by Crippen LogP contribution is -2.49. The van der Waals surface area contributed by atoms with Gasteiger partial charge in [0.1, 0.15) is 10.7 Å². The van der Waals surface area contributed by atoms with Gasteiger partial charge in [0.2, 0.25) is 20.0 Å². The van der Waals surface area contributed by atoms with Crippen molar-refractivity contribution < 1.29 is 21.2 Å². The summed E-state index contributed by atoms with van der Waals surface area (Å²) in [7, 11) is -7.40. The number of nitrogens with one attached hydrogen (secondary N) is 1. The maximum Gasteiger partial charge on any atom is 0.246 e. The van der Waals surface area contributed by atoms with E-state index < -0.39 is 31.9 Å². The minimum Gasteiger partial charge on any atom is -0.214 e. The lowest BCUT2D eigenvalue weighted by Gasteiger charge is -2.34. The molecule has 22 heavy (non-hydrogen) atoms. The van der Waals surface area contributed by atoms with Crippen molar-refractivity contribution in [3.05, 3.63) is 30.1 Å². The van der Waals surface area contributed by atoms with Crippen LogP contribution in [0.5, 0.6) is 0 Å². The van der Waals surface area contributed by atoms with Gasteiger partial charge >= 0.3 is 0 Å². The van der Waals surface area contributed by atoms with Gasteiger partial charge < -0.3 is 0 Å². The van der Waals surface area contributed by atoms with Crippen LogP contribution in [-0.2, 0) is 20.0 Å². The Labute approximate surface area is 130 Å². The van der Waals surface area contributed by atoms with E-state index in [1.54, 1.807) is 0 Å². The third kappa shape index (κ3) is 4.03. The zero-order chi connectivity index (χ0) is 16.4. The summed E-state index contributed by atoms with van der Waals surface area (Å²) in [5, 5.41) is 0. The predicted octanol–water partition coefficient (Wildman–Crippen LogP) is 0.918. The van der Waals surface area contributed by atoms with E-state index in [1.807, 2.05) is 0 Å². The molecule has 0 bridgehead atoms. The van der Waals surface area contributed by atoms with E-state index in [2.05, 4.69) is 4.72 Å². The number of nitrogens with zero attached hydrogens (tertiary/aromatic N) is 1. The first-order valence-corrected chi connectivity index (χ1v) is 10.3. The quantitative estimate of drug-likeness (QED) is 0.856. The Balaban J connectivity index is 2.28. The van der Waals surface area contributed by atoms with Gasteiger partial charge in [-0.2, -0.15) is 4.31 Å². The van der Waals surface area contributed by atoms with E-state index in [-0.39, 0.29) is 18.0 Å². The molecule has 1 aliphatic heterocycles. The van der Waals surface area contributed by atoms with E-state index in [0.29, 0.717) is 12.8 Å². The second kappa shape index (κ2) is 6.61. The maximum atomic E-state index is 13.8. The lowest BCUT2D eigenvalue weighted by molar-refractivity contribution is 0.252. The second-order valence-electron chi connectivity index (χ2n) is 5.32. The molecule has 0 spiro atoms. The fourth-order valence-corrected chi connectivity index (χ4v) is 4.78. The summed E-state index contributed by atoms with van der Waals surface area (Å²) in [5.41, 5.74) is 0.